The van der Waals surface area contributed by atoms with Gasteiger partial charge in [-0.1, -0.05) is 18.2 Å². The molecule has 1 aromatic carbocycles. The molecule has 1 atom stereocenters. The van der Waals surface area contributed by atoms with Crippen molar-refractivity contribution < 1.29 is 0 Å². The largest absolute Gasteiger partial charge is 0.282 e. The molecule has 4 aromatic rings. The normalized spacial score (nSPS) is 18.5. The minimum Gasteiger partial charge on any atom is -0.282 e. The van der Waals surface area contributed by atoms with Crippen molar-refractivity contribution in [2.24, 2.45) is 0 Å². The van der Waals surface area contributed by atoms with E-state index in [-0.39, 0.29) is 0 Å². The first-order valence-electron chi connectivity index (χ1n) is 8.75. The number of benzene rings is 1. The summed E-state index contributed by atoms with van der Waals surface area (Å²) in [7, 11) is 0. The molecular formula is C18H18N6S2. The first-order chi connectivity index (χ1) is 12.8. The van der Waals surface area contributed by atoms with Gasteiger partial charge in [0.05, 0.1) is 20.1 Å². The molecule has 6 nitrogen and oxygen atoms in total. The Hall–Kier alpha value is -2.16. The van der Waals surface area contributed by atoms with Gasteiger partial charge in [-0.3, -0.25) is 4.90 Å². The molecule has 0 aliphatic carbocycles. The van der Waals surface area contributed by atoms with E-state index < -0.39 is 0 Å². The zero-order valence-electron chi connectivity index (χ0n) is 14.2. The number of likely N-dealkylation sites (tertiary alicyclic amines) is 1. The summed E-state index contributed by atoms with van der Waals surface area (Å²) in [4.78, 5) is 10.0. The van der Waals surface area contributed by atoms with Crippen molar-refractivity contribution in [3.05, 3.63) is 46.8 Å². The molecule has 0 radical (unpaired) electrons. The van der Waals surface area contributed by atoms with Crippen molar-refractivity contribution in [1.82, 2.24) is 30.1 Å². The van der Waals surface area contributed by atoms with Crippen LogP contribution in [0.4, 0.5) is 0 Å². The number of aromatic nitrogens is 5. The summed E-state index contributed by atoms with van der Waals surface area (Å²) >= 11 is 3.46. The number of thiazole rings is 1. The summed E-state index contributed by atoms with van der Waals surface area (Å²) < 4.78 is 1.28. The van der Waals surface area contributed by atoms with E-state index in [9.17, 15) is 0 Å². The van der Waals surface area contributed by atoms with E-state index in [1.165, 1.54) is 22.5 Å². The van der Waals surface area contributed by atoms with E-state index in [0.29, 0.717) is 18.4 Å². The smallest absolute Gasteiger partial charge is 0.214 e. The average Bonchev–Trinajstić information content (AvgIpc) is 3.41. The molecule has 1 fully saturated rings. The molecule has 0 bridgehead atoms. The Bertz CT molecular complexity index is 973. The third-order valence-corrected chi connectivity index (χ3v) is 6.75. The summed E-state index contributed by atoms with van der Waals surface area (Å²) in [6.07, 6.45) is 2.37. The lowest BCUT2D eigenvalue weighted by molar-refractivity contribution is 0.147. The zero-order chi connectivity index (χ0) is 17.3. The zero-order valence-corrected chi connectivity index (χ0v) is 15.8. The molecule has 1 saturated heterocycles. The SMILES string of the molecule is c1csc(-c2nnn(CN3CCC[C@H](c4nc5ccccc5s4)C3)n2)c1. The van der Waals surface area contributed by atoms with E-state index in [1.54, 1.807) is 16.1 Å². The molecular weight excluding hydrogens is 364 g/mol. The van der Waals surface area contributed by atoms with E-state index in [0.717, 1.165) is 23.5 Å². The number of rotatable bonds is 4. The van der Waals surface area contributed by atoms with Crippen molar-refractivity contribution in [2.75, 3.05) is 13.1 Å². The molecule has 132 valence electrons. The van der Waals surface area contributed by atoms with E-state index >= 15 is 0 Å². The van der Waals surface area contributed by atoms with Crippen LogP contribution in [-0.2, 0) is 6.67 Å². The first-order valence-corrected chi connectivity index (χ1v) is 10.4. The predicted molar refractivity (Wildman–Crippen MR) is 104 cm³/mol. The average molecular weight is 383 g/mol. The van der Waals surface area contributed by atoms with Gasteiger partial charge in [-0.2, -0.15) is 0 Å². The van der Waals surface area contributed by atoms with Crippen LogP contribution in [0.15, 0.2) is 41.8 Å². The van der Waals surface area contributed by atoms with Gasteiger partial charge < -0.3 is 0 Å². The monoisotopic (exact) mass is 382 g/mol. The van der Waals surface area contributed by atoms with E-state index in [2.05, 4.69) is 44.6 Å². The van der Waals surface area contributed by atoms with Gasteiger partial charge in [0.15, 0.2) is 0 Å². The Balaban J connectivity index is 1.30. The van der Waals surface area contributed by atoms with Gasteiger partial charge >= 0.3 is 0 Å². The Kier molecular flexibility index (Phi) is 4.24. The maximum atomic E-state index is 4.86. The maximum absolute atomic E-state index is 4.86. The second kappa shape index (κ2) is 6.86. The number of para-hydroxylation sites is 1. The lowest BCUT2D eigenvalue weighted by Crippen LogP contribution is -2.36. The third-order valence-electron chi connectivity index (χ3n) is 4.69. The van der Waals surface area contributed by atoms with Crippen LogP contribution in [0, 0.1) is 0 Å². The van der Waals surface area contributed by atoms with Crippen LogP contribution in [-0.4, -0.2) is 43.2 Å². The first kappa shape index (κ1) is 16.0. The van der Waals surface area contributed by atoms with Gasteiger partial charge in [0.2, 0.25) is 5.82 Å². The quantitative estimate of drug-likeness (QED) is 0.537. The van der Waals surface area contributed by atoms with Crippen LogP contribution in [0.25, 0.3) is 20.9 Å². The number of thiophene rings is 1. The fraction of sp³-hybridized carbons (Fsp3) is 0.333. The van der Waals surface area contributed by atoms with Gasteiger partial charge in [0.1, 0.15) is 6.67 Å². The predicted octanol–water partition coefficient (Wildman–Crippen LogP) is 3.85. The second-order valence-corrected chi connectivity index (χ2v) is 8.55. The van der Waals surface area contributed by atoms with Crippen molar-refractivity contribution in [3.8, 4) is 10.7 Å². The number of tetrazole rings is 1. The highest BCUT2D eigenvalue weighted by Gasteiger charge is 2.24. The number of nitrogens with zero attached hydrogens (tertiary/aromatic N) is 6. The topological polar surface area (TPSA) is 59.7 Å². The molecule has 5 rings (SSSR count). The summed E-state index contributed by atoms with van der Waals surface area (Å²) in [6.45, 7) is 2.74. The van der Waals surface area contributed by atoms with Crippen LogP contribution >= 0.6 is 22.7 Å². The fourth-order valence-electron chi connectivity index (χ4n) is 3.44. The number of hydrogen-bond donors (Lipinski definition) is 0. The Morgan fingerprint density at radius 3 is 3.00 bits per heavy atom. The van der Waals surface area contributed by atoms with Gasteiger partial charge in [0, 0.05) is 12.5 Å². The van der Waals surface area contributed by atoms with Gasteiger partial charge in [0.25, 0.3) is 0 Å². The van der Waals surface area contributed by atoms with Crippen LogP contribution in [0.2, 0.25) is 0 Å². The highest BCUT2D eigenvalue weighted by Crippen LogP contribution is 2.33. The van der Waals surface area contributed by atoms with Gasteiger partial charge in [-0.25, -0.2) is 4.98 Å². The Labute approximate surface area is 159 Å². The molecule has 0 N–H and O–H groups in total. The molecule has 8 heteroatoms. The molecule has 0 spiro atoms. The number of hydrogen-bond acceptors (Lipinski definition) is 7. The van der Waals surface area contributed by atoms with Crippen molar-refractivity contribution in [2.45, 2.75) is 25.4 Å². The van der Waals surface area contributed by atoms with Crippen LogP contribution in [0.1, 0.15) is 23.8 Å². The van der Waals surface area contributed by atoms with Crippen molar-refractivity contribution in [3.63, 3.8) is 0 Å². The van der Waals surface area contributed by atoms with E-state index in [1.807, 2.05) is 28.8 Å². The molecule has 26 heavy (non-hydrogen) atoms. The minimum absolute atomic E-state index is 0.487. The molecule has 0 saturated carbocycles. The fourth-order valence-corrected chi connectivity index (χ4v) is 5.18. The molecule has 4 heterocycles. The van der Waals surface area contributed by atoms with Crippen LogP contribution < -0.4 is 0 Å². The molecule has 0 unspecified atom stereocenters. The Morgan fingerprint density at radius 1 is 1.15 bits per heavy atom. The van der Waals surface area contributed by atoms with E-state index in [4.69, 9.17) is 4.98 Å². The lowest BCUT2D eigenvalue weighted by atomic mass is 9.99. The third kappa shape index (κ3) is 3.15. The Morgan fingerprint density at radius 2 is 2.12 bits per heavy atom. The summed E-state index contributed by atoms with van der Waals surface area (Å²) in [5.41, 5.74) is 1.11. The van der Waals surface area contributed by atoms with Crippen molar-refractivity contribution >= 4 is 32.9 Å². The maximum Gasteiger partial charge on any atom is 0.214 e. The van der Waals surface area contributed by atoms with Gasteiger partial charge in [-0.05, 0) is 48.2 Å². The summed E-state index contributed by atoms with van der Waals surface area (Å²) in [5, 5.41) is 16.2. The molecule has 1 aliphatic rings. The van der Waals surface area contributed by atoms with Crippen molar-refractivity contribution in [1.29, 1.82) is 0 Å². The molecule has 1 aliphatic heterocycles. The molecule has 3 aromatic heterocycles. The molecule has 0 amide bonds. The summed E-state index contributed by atoms with van der Waals surface area (Å²) in [5.74, 6) is 1.20. The second-order valence-electron chi connectivity index (χ2n) is 6.54. The van der Waals surface area contributed by atoms with Crippen LogP contribution in [0.3, 0.4) is 0 Å². The highest BCUT2D eigenvalue weighted by atomic mass is 32.1. The standard InChI is InChI=1S/C18H18N6S2/c1-2-7-15-14(6-1)19-18(26-15)13-5-3-9-23(11-13)12-24-21-17(20-22-24)16-8-4-10-25-16/h1-2,4,6-8,10,13H,3,5,9,11-12H2/t13-/m0/s1. The summed E-state index contributed by atoms with van der Waals surface area (Å²) in [6, 6.07) is 12.4. The number of piperidine rings is 1. The highest BCUT2D eigenvalue weighted by molar-refractivity contribution is 7.18. The lowest BCUT2D eigenvalue weighted by Gasteiger charge is -2.30. The number of fused-ring (bicyclic) bond motifs is 1. The van der Waals surface area contributed by atoms with Gasteiger partial charge in [-0.15, -0.1) is 37.7 Å². The van der Waals surface area contributed by atoms with Crippen LogP contribution in [0.5, 0.6) is 0 Å². The minimum atomic E-state index is 0.487.